The fourth-order valence-electron chi connectivity index (χ4n) is 2.72. The second kappa shape index (κ2) is 5.85. The van der Waals surface area contributed by atoms with Gasteiger partial charge in [-0.2, -0.15) is 0 Å². The van der Waals surface area contributed by atoms with Crippen molar-refractivity contribution in [3.8, 4) is 0 Å². The van der Waals surface area contributed by atoms with E-state index in [1.165, 1.54) is 6.07 Å². The topological polar surface area (TPSA) is 61.9 Å². The monoisotopic (exact) mass is 316 g/mol. The largest absolute Gasteiger partial charge is 0.310 e. The number of aromatic amines is 1. The van der Waals surface area contributed by atoms with E-state index >= 15 is 0 Å². The van der Waals surface area contributed by atoms with E-state index in [0.717, 1.165) is 12.2 Å². The fourth-order valence-corrected chi connectivity index (χ4v) is 2.72. The van der Waals surface area contributed by atoms with Crippen LogP contribution in [0.3, 0.4) is 0 Å². The molecule has 0 aromatic carbocycles. The Morgan fingerprint density at radius 2 is 2.17 bits per heavy atom. The Morgan fingerprint density at radius 3 is 2.87 bits per heavy atom. The fraction of sp³-hybridized carbons (Fsp3) is 0.471. The minimum absolute atomic E-state index is 0.0916. The van der Waals surface area contributed by atoms with Crippen molar-refractivity contribution in [3.63, 3.8) is 0 Å². The molecule has 1 N–H and O–H groups in total. The lowest BCUT2D eigenvalue weighted by molar-refractivity contribution is 0.234. The number of H-pyrrole nitrogens is 1. The second-order valence-corrected chi connectivity index (χ2v) is 6.98. The Morgan fingerprint density at radius 1 is 1.39 bits per heavy atom. The molecule has 0 atom stereocenters. The maximum absolute atomic E-state index is 13.7. The molecule has 2 aromatic heterocycles. The van der Waals surface area contributed by atoms with Crippen LogP contribution in [-0.2, 0) is 24.9 Å². The van der Waals surface area contributed by atoms with Crippen LogP contribution in [0.2, 0.25) is 0 Å². The number of rotatable bonds is 2. The van der Waals surface area contributed by atoms with E-state index in [9.17, 15) is 9.18 Å². The van der Waals surface area contributed by atoms with Crippen molar-refractivity contribution in [3.05, 3.63) is 57.3 Å². The molecule has 2 aromatic rings. The highest BCUT2D eigenvalue weighted by Gasteiger charge is 2.25. The van der Waals surface area contributed by atoms with Crippen LogP contribution in [0.25, 0.3) is 0 Å². The van der Waals surface area contributed by atoms with E-state index in [1.807, 2.05) is 25.7 Å². The molecule has 3 heterocycles. The quantitative estimate of drug-likeness (QED) is 0.922. The summed E-state index contributed by atoms with van der Waals surface area (Å²) in [5.41, 5.74) is 1.66. The summed E-state index contributed by atoms with van der Waals surface area (Å²) in [5, 5.41) is 0. The molecule has 5 nitrogen and oxygen atoms in total. The van der Waals surface area contributed by atoms with Gasteiger partial charge in [-0.25, -0.2) is 9.37 Å². The smallest absolute Gasteiger partial charge is 0.255 e. The third kappa shape index (κ3) is 3.32. The van der Waals surface area contributed by atoms with Crippen molar-refractivity contribution in [2.45, 2.75) is 45.7 Å². The summed E-state index contributed by atoms with van der Waals surface area (Å²) in [4.78, 5) is 26.0. The van der Waals surface area contributed by atoms with Gasteiger partial charge in [-0.1, -0.05) is 20.8 Å². The van der Waals surface area contributed by atoms with Crippen LogP contribution in [0.1, 0.15) is 43.5 Å². The number of aromatic nitrogens is 3. The highest BCUT2D eigenvalue weighted by atomic mass is 19.1. The molecular formula is C17H21FN4O. The van der Waals surface area contributed by atoms with Gasteiger partial charge in [0.2, 0.25) is 0 Å². The van der Waals surface area contributed by atoms with Crippen LogP contribution in [0.15, 0.2) is 23.1 Å². The zero-order chi connectivity index (χ0) is 16.6. The van der Waals surface area contributed by atoms with Gasteiger partial charge in [-0.05, 0) is 12.1 Å². The Kier molecular flexibility index (Phi) is 4.02. The van der Waals surface area contributed by atoms with Gasteiger partial charge in [-0.3, -0.25) is 14.7 Å². The lowest BCUT2D eigenvalue weighted by Crippen LogP contribution is -2.37. The number of nitrogens with one attached hydrogen (secondary N) is 1. The van der Waals surface area contributed by atoms with Crippen LogP contribution >= 0.6 is 0 Å². The van der Waals surface area contributed by atoms with Gasteiger partial charge in [-0.15, -0.1) is 0 Å². The number of hydrogen-bond acceptors (Lipinski definition) is 4. The zero-order valence-corrected chi connectivity index (χ0v) is 13.7. The molecule has 0 saturated carbocycles. The van der Waals surface area contributed by atoms with Crippen LogP contribution in [0.4, 0.5) is 4.39 Å². The van der Waals surface area contributed by atoms with E-state index in [2.05, 4.69) is 15.0 Å². The molecule has 6 heteroatoms. The Bertz CT molecular complexity index is 779. The third-order valence-electron chi connectivity index (χ3n) is 4.07. The van der Waals surface area contributed by atoms with Crippen molar-refractivity contribution < 1.29 is 4.39 Å². The molecule has 1 aliphatic rings. The first-order valence-corrected chi connectivity index (χ1v) is 7.79. The van der Waals surface area contributed by atoms with Crippen LogP contribution < -0.4 is 5.56 Å². The van der Waals surface area contributed by atoms with Gasteiger partial charge in [0.25, 0.3) is 5.56 Å². The average molecular weight is 316 g/mol. The van der Waals surface area contributed by atoms with E-state index in [0.29, 0.717) is 36.6 Å². The summed E-state index contributed by atoms with van der Waals surface area (Å²) in [7, 11) is 0. The molecule has 0 unspecified atom stereocenters. The van der Waals surface area contributed by atoms with E-state index in [-0.39, 0.29) is 16.8 Å². The molecule has 0 amide bonds. The SMILES string of the molecule is CC(C)(C)c1nc2c(c(=O)[nH]1)CN(Cc1ncccc1F)CC2. The highest BCUT2D eigenvalue weighted by Crippen LogP contribution is 2.21. The molecule has 3 rings (SSSR count). The van der Waals surface area contributed by atoms with E-state index in [4.69, 9.17) is 0 Å². The van der Waals surface area contributed by atoms with Gasteiger partial charge in [0, 0.05) is 37.7 Å². The molecule has 1 aliphatic heterocycles. The number of nitrogens with zero attached hydrogens (tertiary/aromatic N) is 3. The summed E-state index contributed by atoms with van der Waals surface area (Å²) < 4.78 is 13.7. The molecule has 122 valence electrons. The number of fused-ring (bicyclic) bond motifs is 1. The first-order valence-electron chi connectivity index (χ1n) is 7.79. The maximum Gasteiger partial charge on any atom is 0.255 e. The normalized spacial score (nSPS) is 15.5. The van der Waals surface area contributed by atoms with Crippen LogP contribution in [0.5, 0.6) is 0 Å². The lowest BCUT2D eigenvalue weighted by atomic mass is 9.95. The molecule has 0 fully saturated rings. The molecular weight excluding hydrogens is 295 g/mol. The van der Waals surface area contributed by atoms with Crippen molar-refractivity contribution in [1.29, 1.82) is 0 Å². The Hall–Kier alpha value is -2.08. The van der Waals surface area contributed by atoms with Crippen molar-refractivity contribution in [2.24, 2.45) is 0 Å². The maximum atomic E-state index is 13.7. The van der Waals surface area contributed by atoms with Gasteiger partial charge in [0.05, 0.1) is 17.0 Å². The minimum Gasteiger partial charge on any atom is -0.310 e. The predicted octanol–water partition coefficient (Wildman–Crippen LogP) is 2.16. The predicted molar refractivity (Wildman–Crippen MR) is 85.6 cm³/mol. The van der Waals surface area contributed by atoms with Crippen molar-refractivity contribution in [2.75, 3.05) is 6.54 Å². The first-order chi connectivity index (χ1) is 10.8. The Labute approximate surface area is 134 Å². The summed E-state index contributed by atoms with van der Waals surface area (Å²) in [6.45, 7) is 7.68. The van der Waals surface area contributed by atoms with Gasteiger partial charge in [0.15, 0.2) is 0 Å². The summed E-state index contributed by atoms with van der Waals surface area (Å²) in [5.74, 6) is 0.402. The minimum atomic E-state index is -0.312. The van der Waals surface area contributed by atoms with Crippen LogP contribution in [-0.4, -0.2) is 26.4 Å². The zero-order valence-electron chi connectivity index (χ0n) is 13.7. The molecule has 0 saturated heterocycles. The molecule has 0 bridgehead atoms. The second-order valence-electron chi connectivity index (χ2n) is 6.98. The summed E-state index contributed by atoms with van der Waals surface area (Å²) >= 11 is 0. The highest BCUT2D eigenvalue weighted by molar-refractivity contribution is 5.23. The number of pyridine rings is 1. The van der Waals surface area contributed by atoms with Crippen molar-refractivity contribution in [1.82, 2.24) is 19.9 Å². The average Bonchev–Trinajstić information content (AvgIpc) is 2.49. The van der Waals surface area contributed by atoms with E-state index in [1.54, 1.807) is 12.3 Å². The third-order valence-corrected chi connectivity index (χ3v) is 4.07. The Balaban J connectivity index is 1.84. The summed E-state index contributed by atoms with van der Waals surface area (Å²) in [6.07, 6.45) is 2.27. The van der Waals surface area contributed by atoms with E-state index < -0.39 is 0 Å². The van der Waals surface area contributed by atoms with Gasteiger partial charge < -0.3 is 4.98 Å². The molecule has 23 heavy (non-hydrogen) atoms. The summed E-state index contributed by atoms with van der Waals surface area (Å²) in [6, 6.07) is 2.98. The van der Waals surface area contributed by atoms with Gasteiger partial charge in [0.1, 0.15) is 11.6 Å². The standard InChI is InChI=1S/C17H21FN4O/c1-17(2,3)16-20-13-6-8-22(9-11(13)15(23)21-16)10-14-12(18)5-4-7-19-14/h4-5,7H,6,8-10H2,1-3H3,(H,20,21,23). The number of halogens is 1. The van der Waals surface area contributed by atoms with Crippen LogP contribution in [0, 0.1) is 5.82 Å². The molecule has 0 radical (unpaired) electrons. The first kappa shape index (κ1) is 15.8. The van der Waals surface area contributed by atoms with Gasteiger partial charge >= 0.3 is 0 Å². The lowest BCUT2D eigenvalue weighted by Gasteiger charge is -2.28. The molecule has 0 spiro atoms. The van der Waals surface area contributed by atoms with Crippen molar-refractivity contribution >= 4 is 0 Å². The molecule has 0 aliphatic carbocycles. The number of hydrogen-bond donors (Lipinski definition) is 1.